The summed E-state index contributed by atoms with van der Waals surface area (Å²) in [5, 5.41) is 7.68. The highest BCUT2D eigenvalue weighted by Gasteiger charge is 2.18. The van der Waals surface area contributed by atoms with Crippen LogP contribution in [0.5, 0.6) is 0 Å². The van der Waals surface area contributed by atoms with Crippen LogP contribution in [0.15, 0.2) is 27.5 Å². The van der Waals surface area contributed by atoms with Crippen molar-refractivity contribution in [3.8, 4) is 0 Å². The standard InChI is InChI=1S/C13H15N3O4S/c1-7-4-5-10(21(14,18)19)6-11(7)16-13(17)12-8(2)15-9(3)20-12/h4-6H,1-3H3,(H,16,17)(H2,14,18,19). The number of hydrogen-bond donors (Lipinski definition) is 2. The molecule has 1 heterocycles. The Bertz CT molecular complexity index is 809. The van der Waals surface area contributed by atoms with Crippen LogP contribution in [0.4, 0.5) is 5.69 Å². The number of primary sulfonamides is 1. The molecule has 2 aromatic rings. The molecule has 7 nitrogen and oxygen atoms in total. The highest BCUT2D eigenvalue weighted by Crippen LogP contribution is 2.21. The minimum absolute atomic E-state index is 0.0751. The molecule has 2 rings (SSSR count). The zero-order chi connectivity index (χ0) is 15.8. The van der Waals surface area contributed by atoms with Crippen LogP contribution >= 0.6 is 0 Å². The van der Waals surface area contributed by atoms with Gasteiger partial charge in [0.15, 0.2) is 5.89 Å². The molecule has 1 aromatic heterocycles. The van der Waals surface area contributed by atoms with Gasteiger partial charge < -0.3 is 9.73 Å². The zero-order valence-electron chi connectivity index (χ0n) is 11.8. The Labute approximate surface area is 122 Å². The quantitative estimate of drug-likeness (QED) is 0.891. The Kier molecular flexibility index (Phi) is 3.84. The number of rotatable bonds is 3. The average molecular weight is 309 g/mol. The van der Waals surface area contributed by atoms with Gasteiger partial charge in [-0.15, -0.1) is 0 Å². The van der Waals surface area contributed by atoms with Crippen molar-refractivity contribution in [2.24, 2.45) is 5.14 Å². The van der Waals surface area contributed by atoms with E-state index in [-0.39, 0.29) is 10.7 Å². The highest BCUT2D eigenvalue weighted by atomic mass is 32.2. The number of nitrogens with zero attached hydrogens (tertiary/aromatic N) is 1. The molecule has 21 heavy (non-hydrogen) atoms. The first-order valence-corrected chi connectivity index (χ1v) is 7.62. The predicted octanol–water partition coefficient (Wildman–Crippen LogP) is 1.50. The third-order valence-electron chi connectivity index (χ3n) is 2.90. The fourth-order valence-electron chi connectivity index (χ4n) is 1.83. The maximum atomic E-state index is 12.1. The molecule has 3 N–H and O–H groups in total. The molecular weight excluding hydrogens is 294 g/mol. The van der Waals surface area contributed by atoms with E-state index in [2.05, 4.69) is 10.3 Å². The fraction of sp³-hybridized carbons (Fsp3) is 0.231. The molecule has 0 aliphatic carbocycles. The average Bonchev–Trinajstić information content (AvgIpc) is 2.70. The van der Waals surface area contributed by atoms with Gasteiger partial charge in [-0.1, -0.05) is 6.07 Å². The van der Waals surface area contributed by atoms with Crippen molar-refractivity contribution >= 4 is 21.6 Å². The van der Waals surface area contributed by atoms with Crippen molar-refractivity contribution in [1.82, 2.24) is 4.98 Å². The monoisotopic (exact) mass is 309 g/mol. The van der Waals surface area contributed by atoms with Crippen LogP contribution in [0.25, 0.3) is 0 Å². The Morgan fingerprint density at radius 2 is 1.95 bits per heavy atom. The molecule has 0 bridgehead atoms. The van der Waals surface area contributed by atoms with Gasteiger partial charge in [-0.25, -0.2) is 18.5 Å². The molecule has 0 atom stereocenters. The summed E-state index contributed by atoms with van der Waals surface area (Å²) in [5.74, 6) is -0.0247. The first-order valence-electron chi connectivity index (χ1n) is 6.07. The molecule has 0 aliphatic rings. The summed E-state index contributed by atoms with van der Waals surface area (Å²) in [5.41, 5.74) is 1.51. The molecule has 0 aliphatic heterocycles. The lowest BCUT2D eigenvalue weighted by atomic mass is 10.2. The number of nitrogens with one attached hydrogen (secondary N) is 1. The number of amides is 1. The summed E-state index contributed by atoms with van der Waals surface area (Å²) >= 11 is 0. The molecule has 112 valence electrons. The first kappa shape index (κ1) is 15.2. The minimum Gasteiger partial charge on any atom is -0.436 e. The fourth-order valence-corrected chi connectivity index (χ4v) is 2.37. The van der Waals surface area contributed by atoms with Gasteiger partial charge >= 0.3 is 0 Å². The Morgan fingerprint density at radius 3 is 2.48 bits per heavy atom. The number of aromatic nitrogens is 1. The van der Waals surface area contributed by atoms with Crippen molar-refractivity contribution in [2.75, 3.05) is 5.32 Å². The summed E-state index contributed by atoms with van der Waals surface area (Å²) in [7, 11) is -3.83. The summed E-state index contributed by atoms with van der Waals surface area (Å²) < 4.78 is 27.9. The highest BCUT2D eigenvalue weighted by molar-refractivity contribution is 7.89. The summed E-state index contributed by atoms with van der Waals surface area (Å²) in [6.45, 7) is 5.02. The topological polar surface area (TPSA) is 115 Å². The van der Waals surface area contributed by atoms with E-state index >= 15 is 0 Å². The van der Waals surface area contributed by atoms with Gasteiger partial charge in [0.05, 0.1) is 10.6 Å². The van der Waals surface area contributed by atoms with Crippen LogP contribution in [0, 0.1) is 20.8 Å². The predicted molar refractivity (Wildman–Crippen MR) is 76.5 cm³/mol. The Morgan fingerprint density at radius 1 is 1.29 bits per heavy atom. The number of benzene rings is 1. The molecule has 8 heteroatoms. The van der Waals surface area contributed by atoms with E-state index in [4.69, 9.17) is 9.56 Å². The van der Waals surface area contributed by atoms with Gasteiger partial charge in [0.1, 0.15) is 0 Å². The largest absolute Gasteiger partial charge is 0.436 e. The van der Waals surface area contributed by atoms with Crippen LogP contribution in [0.3, 0.4) is 0 Å². The molecule has 0 saturated carbocycles. The summed E-state index contributed by atoms with van der Waals surface area (Å²) in [6.07, 6.45) is 0. The number of oxazole rings is 1. The third kappa shape index (κ3) is 3.29. The van der Waals surface area contributed by atoms with Crippen LogP contribution in [-0.2, 0) is 10.0 Å². The van der Waals surface area contributed by atoms with Crippen LogP contribution in [-0.4, -0.2) is 19.3 Å². The summed E-state index contributed by atoms with van der Waals surface area (Å²) in [6, 6.07) is 4.25. The van der Waals surface area contributed by atoms with Crippen molar-refractivity contribution in [1.29, 1.82) is 0 Å². The van der Waals surface area contributed by atoms with E-state index in [1.54, 1.807) is 26.8 Å². The smallest absolute Gasteiger partial charge is 0.293 e. The van der Waals surface area contributed by atoms with Gasteiger partial charge in [-0.2, -0.15) is 0 Å². The molecule has 0 saturated heterocycles. The van der Waals surface area contributed by atoms with Crippen molar-refractivity contribution < 1.29 is 17.6 Å². The van der Waals surface area contributed by atoms with Crippen LogP contribution < -0.4 is 10.5 Å². The molecular formula is C13H15N3O4S. The number of carbonyl (C=O) groups is 1. The lowest BCUT2D eigenvalue weighted by Crippen LogP contribution is -2.16. The SMILES string of the molecule is Cc1nc(C)c(C(=O)Nc2cc(S(N)(=O)=O)ccc2C)o1. The first-order chi connectivity index (χ1) is 9.68. The van der Waals surface area contributed by atoms with Crippen molar-refractivity contribution in [2.45, 2.75) is 25.7 Å². The van der Waals surface area contributed by atoms with Gasteiger partial charge in [0, 0.05) is 12.6 Å². The van der Waals surface area contributed by atoms with E-state index < -0.39 is 15.9 Å². The van der Waals surface area contributed by atoms with Crippen LogP contribution in [0.1, 0.15) is 27.7 Å². The molecule has 0 fully saturated rings. The van der Waals surface area contributed by atoms with E-state index in [0.29, 0.717) is 22.8 Å². The van der Waals surface area contributed by atoms with Crippen molar-refractivity contribution in [3.05, 3.63) is 41.1 Å². The second kappa shape index (κ2) is 5.30. The van der Waals surface area contributed by atoms with Crippen molar-refractivity contribution in [3.63, 3.8) is 0 Å². The van der Waals surface area contributed by atoms with Gasteiger partial charge in [0.25, 0.3) is 5.91 Å². The molecule has 1 amide bonds. The van der Waals surface area contributed by atoms with Gasteiger partial charge in [-0.3, -0.25) is 4.79 Å². The number of nitrogens with two attached hydrogens (primary N) is 1. The zero-order valence-corrected chi connectivity index (χ0v) is 12.6. The number of anilines is 1. The molecule has 1 aromatic carbocycles. The maximum Gasteiger partial charge on any atom is 0.293 e. The second-order valence-corrected chi connectivity index (χ2v) is 6.18. The lowest BCUT2D eigenvalue weighted by Gasteiger charge is -2.09. The van der Waals surface area contributed by atoms with E-state index in [1.807, 2.05) is 0 Å². The second-order valence-electron chi connectivity index (χ2n) is 4.62. The number of carbonyl (C=O) groups excluding carboxylic acids is 1. The Hall–Kier alpha value is -2.19. The lowest BCUT2D eigenvalue weighted by molar-refractivity contribution is 0.0994. The van der Waals surface area contributed by atoms with E-state index in [9.17, 15) is 13.2 Å². The molecule has 0 unspecified atom stereocenters. The number of aryl methyl sites for hydroxylation is 3. The Balaban J connectivity index is 2.35. The van der Waals surface area contributed by atoms with Crippen LogP contribution in [0.2, 0.25) is 0 Å². The molecule has 0 spiro atoms. The molecule has 0 radical (unpaired) electrons. The summed E-state index contributed by atoms with van der Waals surface area (Å²) in [4.78, 5) is 16.1. The maximum absolute atomic E-state index is 12.1. The van der Waals surface area contributed by atoms with Gasteiger partial charge in [-0.05, 0) is 31.5 Å². The third-order valence-corrected chi connectivity index (χ3v) is 3.81. The minimum atomic E-state index is -3.83. The number of sulfonamides is 1. The van der Waals surface area contributed by atoms with Gasteiger partial charge in [0.2, 0.25) is 15.8 Å². The van der Waals surface area contributed by atoms with E-state index in [1.165, 1.54) is 12.1 Å². The normalized spacial score (nSPS) is 11.4. The van der Waals surface area contributed by atoms with E-state index in [0.717, 1.165) is 0 Å². The number of hydrogen-bond acceptors (Lipinski definition) is 5.